The van der Waals surface area contributed by atoms with Crippen molar-refractivity contribution in [3.05, 3.63) is 0 Å². The zero-order chi connectivity index (χ0) is 13.2. The van der Waals surface area contributed by atoms with Crippen LogP contribution in [-0.4, -0.2) is 42.8 Å². The largest absolute Gasteiger partial charge is 0.377 e. The van der Waals surface area contributed by atoms with Crippen molar-refractivity contribution in [3.8, 4) is 0 Å². The van der Waals surface area contributed by atoms with Crippen LogP contribution < -0.4 is 5.73 Å². The molecule has 2 aliphatic rings. The van der Waals surface area contributed by atoms with Crippen LogP contribution in [-0.2, 0) is 4.74 Å². The Morgan fingerprint density at radius 3 is 2.56 bits per heavy atom. The van der Waals surface area contributed by atoms with E-state index in [2.05, 4.69) is 25.7 Å². The minimum atomic E-state index is 0.226. The fourth-order valence-corrected chi connectivity index (χ4v) is 3.90. The monoisotopic (exact) mass is 254 g/mol. The van der Waals surface area contributed by atoms with Crippen molar-refractivity contribution in [1.82, 2.24) is 4.90 Å². The van der Waals surface area contributed by atoms with Crippen molar-refractivity contribution in [2.45, 2.75) is 64.5 Å². The highest BCUT2D eigenvalue weighted by atomic mass is 16.5. The maximum absolute atomic E-state index is 6.16. The van der Waals surface area contributed by atoms with Crippen molar-refractivity contribution in [2.75, 3.05) is 26.2 Å². The first-order valence-corrected chi connectivity index (χ1v) is 7.58. The standard InChI is InChI=1S/C15H30N2O/c1-4-17(10-13-6-5-9-18-13)15(12-16)8-7-14(2,3)11-15/h13H,4-12,16H2,1-3H3. The summed E-state index contributed by atoms with van der Waals surface area (Å²) >= 11 is 0. The molecule has 1 saturated heterocycles. The molecule has 0 bridgehead atoms. The Morgan fingerprint density at radius 2 is 2.11 bits per heavy atom. The maximum atomic E-state index is 6.16. The summed E-state index contributed by atoms with van der Waals surface area (Å²) in [6.45, 7) is 10.9. The molecule has 2 rings (SSSR count). The molecule has 3 heteroatoms. The first-order valence-electron chi connectivity index (χ1n) is 7.58. The molecule has 0 aromatic rings. The maximum Gasteiger partial charge on any atom is 0.0703 e. The molecule has 18 heavy (non-hydrogen) atoms. The average molecular weight is 254 g/mol. The Labute approximate surface area is 112 Å². The second-order valence-electron chi connectivity index (χ2n) is 6.94. The number of nitrogens with two attached hydrogens (primary N) is 1. The van der Waals surface area contributed by atoms with Crippen molar-refractivity contribution >= 4 is 0 Å². The van der Waals surface area contributed by atoms with Crippen molar-refractivity contribution in [1.29, 1.82) is 0 Å². The van der Waals surface area contributed by atoms with E-state index in [9.17, 15) is 0 Å². The van der Waals surface area contributed by atoms with Gasteiger partial charge in [0.2, 0.25) is 0 Å². The van der Waals surface area contributed by atoms with Crippen LogP contribution in [0.15, 0.2) is 0 Å². The molecule has 0 aromatic heterocycles. The van der Waals surface area contributed by atoms with Crippen LogP contribution >= 0.6 is 0 Å². The third kappa shape index (κ3) is 2.89. The molecule has 106 valence electrons. The minimum absolute atomic E-state index is 0.226. The van der Waals surface area contributed by atoms with E-state index in [0.717, 1.165) is 26.2 Å². The normalized spacial score (nSPS) is 35.5. The molecule has 3 nitrogen and oxygen atoms in total. The number of hydrogen-bond acceptors (Lipinski definition) is 3. The van der Waals surface area contributed by atoms with Gasteiger partial charge in [-0.15, -0.1) is 0 Å². The van der Waals surface area contributed by atoms with Crippen molar-refractivity contribution in [3.63, 3.8) is 0 Å². The van der Waals surface area contributed by atoms with Crippen molar-refractivity contribution < 1.29 is 4.74 Å². The predicted molar refractivity (Wildman–Crippen MR) is 75.6 cm³/mol. The summed E-state index contributed by atoms with van der Waals surface area (Å²) in [5.74, 6) is 0. The third-order valence-electron chi connectivity index (χ3n) is 4.96. The van der Waals surface area contributed by atoms with E-state index in [0.29, 0.717) is 11.5 Å². The van der Waals surface area contributed by atoms with Crippen LogP contribution in [0, 0.1) is 5.41 Å². The van der Waals surface area contributed by atoms with Gasteiger partial charge in [-0.05, 0) is 44.1 Å². The Balaban J connectivity index is 2.04. The fraction of sp³-hybridized carbons (Fsp3) is 1.00. The van der Waals surface area contributed by atoms with Gasteiger partial charge in [-0.3, -0.25) is 4.90 Å². The van der Waals surface area contributed by atoms with Gasteiger partial charge in [-0.2, -0.15) is 0 Å². The number of nitrogens with zero attached hydrogens (tertiary/aromatic N) is 1. The molecule has 2 atom stereocenters. The summed E-state index contributed by atoms with van der Waals surface area (Å²) in [6.07, 6.45) is 6.67. The SMILES string of the molecule is CCN(CC1CCCO1)C1(CN)CCC(C)(C)C1. The van der Waals surface area contributed by atoms with E-state index in [4.69, 9.17) is 10.5 Å². The lowest BCUT2D eigenvalue weighted by atomic mass is 9.86. The van der Waals surface area contributed by atoms with Gasteiger partial charge in [0.25, 0.3) is 0 Å². The first-order chi connectivity index (χ1) is 8.51. The Morgan fingerprint density at radius 1 is 1.33 bits per heavy atom. The lowest BCUT2D eigenvalue weighted by Gasteiger charge is -2.42. The van der Waals surface area contributed by atoms with Gasteiger partial charge in [0.1, 0.15) is 0 Å². The van der Waals surface area contributed by atoms with Crippen LogP contribution in [0.5, 0.6) is 0 Å². The molecular weight excluding hydrogens is 224 g/mol. The topological polar surface area (TPSA) is 38.5 Å². The average Bonchev–Trinajstić information content (AvgIpc) is 2.94. The van der Waals surface area contributed by atoms with E-state index in [1.54, 1.807) is 0 Å². The van der Waals surface area contributed by atoms with E-state index in [1.165, 1.54) is 32.1 Å². The summed E-state index contributed by atoms with van der Waals surface area (Å²) < 4.78 is 5.80. The van der Waals surface area contributed by atoms with Gasteiger partial charge in [-0.1, -0.05) is 20.8 Å². The molecule has 1 aliphatic heterocycles. The molecule has 0 radical (unpaired) electrons. The molecule has 1 aliphatic carbocycles. The smallest absolute Gasteiger partial charge is 0.0703 e. The lowest BCUT2D eigenvalue weighted by molar-refractivity contribution is 0.0223. The summed E-state index contributed by atoms with van der Waals surface area (Å²) in [5.41, 5.74) is 6.83. The van der Waals surface area contributed by atoms with Gasteiger partial charge < -0.3 is 10.5 Å². The van der Waals surface area contributed by atoms with Gasteiger partial charge in [0.15, 0.2) is 0 Å². The first kappa shape index (κ1) is 14.3. The molecule has 1 saturated carbocycles. The second kappa shape index (κ2) is 5.48. The lowest BCUT2D eigenvalue weighted by Crippen LogP contribution is -2.54. The number of ether oxygens (including phenoxy) is 1. The van der Waals surface area contributed by atoms with E-state index in [1.807, 2.05) is 0 Å². The Hall–Kier alpha value is -0.120. The van der Waals surface area contributed by atoms with Crippen LogP contribution in [0.4, 0.5) is 0 Å². The number of rotatable bonds is 5. The molecule has 0 spiro atoms. The van der Waals surface area contributed by atoms with Crippen LogP contribution in [0.3, 0.4) is 0 Å². The fourth-order valence-electron chi connectivity index (χ4n) is 3.90. The molecule has 2 unspecified atom stereocenters. The van der Waals surface area contributed by atoms with E-state index < -0.39 is 0 Å². The molecule has 0 aromatic carbocycles. The zero-order valence-electron chi connectivity index (χ0n) is 12.4. The summed E-state index contributed by atoms with van der Waals surface area (Å²) in [5, 5.41) is 0. The molecule has 1 heterocycles. The van der Waals surface area contributed by atoms with Gasteiger partial charge in [0, 0.05) is 25.2 Å². The third-order valence-corrected chi connectivity index (χ3v) is 4.96. The van der Waals surface area contributed by atoms with E-state index >= 15 is 0 Å². The molecule has 2 fully saturated rings. The predicted octanol–water partition coefficient (Wildman–Crippen LogP) is 2.39. The quantitative estimate of drug-likeness (QED) is 0.819. The number of hydrogen-bond donors (Lipinski definition) is 1. The Kier molecular flexibility index (Phi) is 4.35. The highest BCUT2D eigenvalue weighted by Gasteiger charge is 2.46. The molecule has 2 N–H and O–H groups in total. The summed E-state index contributed by atoms with van der Waals surface area (Å²) in [6, 6.07) is 0. The van der Waals surface area contributed by atoms with Crippen LogP contribution in [0.25, 0.3) is 0 Å². The van der Waals surface area contributed by atoms with E-state index in [-0.39, 0.29) is 5.54 Å². The van der Waals surface area contributed by atoms with Crippen molar-refractivity contribution in [2.24, 2.45) is 11.1 Å². The summed E-state index contributed by atoms with van der Waals surface area (Å²) in [4.78, 5) is 2.61. The van der Waals surface area contributed by atoms with Crippen LogP contribution in [0.2, 0.25) is 0 Å². The highest BCUT2D eigenvalue weighted by Crippen LogP contribution is 2.46. The Bertz CT molecular complexity index is 274. The number of likely N-dealkylation sites (N-methyl/N-ethyl adjacent to an activating group) is 1. The van der Waals surface area contributed by atoms with Crippen LogP contribution in [0.1, 0.15) is 52.9 Å². The highest BCUT2D eigenvalue weighted by molar-refractivity contribution is 5.02. The minimum Gasteiger partial charge on any atom is -0.377 e. The summed E-state index contributed by atoms with van der Waals surface area (Å²) in [7, 11) is 0. The molecular formula is C15H30N2O. The van der Waals surface area contributed by atoms with Gasteiger partial charge >= 0.3 is 0 Å². The zero-order valence-corrected chi connectivity index (χ0v) is 12.4. The second-order valence-corrected chi connectivity index (χ2v) is 6.94. The molecule has 0 amide bonds. The van der Waals surface area contributed by atoms with Gasteiger partial charge in [-0.25, -0.2) is 0 Å². The van der Waals surface area contributed by atoms with Gasteiger partial charge in [0.05, 0.1) is 6.10 Å².